The number of aryl methyl sites for hydroxylation is 1. The summed E-state index contributed by atoms with van der Waals surface area (Å²) in [5.74, 6) is -0.0556. The first-order valence-electron chi connectivity index (χ1n) is 4.67. The molecule has 1 aliphatic carbocycles. The standard InChI is InChI=1S/C12H11FO/c1-8-6-10(13)3-5-12(8)9-2-4-11(14)7-9/h3,5-7H,2,4H2,1H3. The zero-order valence-electron chi connectivity index (χ0n) is 8.01. The molecule has 0 aromatic heterocycles. The normalized spacial score (nSPS) is 15.9. The monoisotopic (exact) mass is 190 g/mol. The Morgan fingerprint density at radius 3 is 2.64 bits per heavy atom. The number of rotatable bonds is 1. The van der Waals surface area contributed by atoms with Crippen molar-refractivity contribution >= 4 is 11.4 Å². The highest BCUT2D eigenvalue weighted by Crippen LogP contribution is 2.28. The minimum absolute atomic E-state index is 0.170. The van der Waals surface area contributed by atoms with E-state index in [0.29, 0.717) is 6.42 Å². The van der Waals surface area contributed by atoms with Gasteiger partial charge in [-0.3, -0.25) is 4.79 Å². The van der Waals surface area contributed by atoms with E-state index in [9.17, 15) is 9.18 Å². The summed E-state index contributed by atoms with van der Waals surface area (Å²) in [6.45, 7) is 1.86. The number of hydrogen-bond donors (Lipinski definition) is 0. The number of carbonyl (C=O) groups is 1. The summed E-state index contributed by atoms with van der Waals surface area (Å²) in [7, 11) is 0. The molecular weight excluding hydrogens is 179 g/mol. The van der Waals surface area contributed by atoms with Gasteiger partial charge in [-0.25, -0.2) is 4.39 Å². The molecule has 2 rings (SSSR count). The zero-order valence-corrected chi connectivity index (χ0v) is 8.01. The van der Waals surface area contributed by atoms with Crippen molar-refractivity contribution in [3.63, 3.8) is 0 Å². The van der Waals surface area contributed by atoms with Gasteiger partial charge in [-0.05, 0) is 48.3 Å². The molecule has 0 saturated heterocycles. The summed E-state index contributed by atoms with van der Waals surface area (Å²) in [4.78, 5) is 11.1. The number of allylic oxidation sites excluding steroid dienone is 2. The van der Waals surface area contributed by atoms with Gasteiger partial charge in [0.15, 0.2) is 5.78 Å². The van der Waals surface area contributed by atoms with Crippen LogP contribution >= 0.6 is 0 Å². The van der Waals surface area contributed by atoms with Crippen LogP contribution in [-0.2, 0) is 4.79 Å². The van der Waals surface area contributed by atoms with E-state index in [2.05, 4.69) is 0 Å². The van der Waals surface area contributed by atoms with Crippen molar-refractivity contribution in [2.45, 2.75) is 19.8 Å². The lowest BCUT2D eigenvalue weighted by atomic mass is 10.0. The largest absolute Gasteiger partial charge is 0.295 e. The van der Waals surface area contributed by atoms with Crippen LogP contribution in [0.5, 0.6) is 0 Å². The van der Waals surface area contributed by atoms with Gasteiger partial charge in [0.05, 0.1) is 0 Å². The Kier molecular flexibility index (Phi) is 2.20. The molecular formula is C12H11FO. The molecule has 1 aliphatic rings. The lowest BCUT2D eigenvalue weighted by molar-refractivity contribution is -0.114. The van der Waals surface area contributed by atoms with Crippen molar-refractivity contribution in [3.05, 3.63) is 41.2 Å². The molecule has 1 aromatic carbocycles. The van der Waals surface area contributed by atoms with Gasteiger partial charge in [0.25, 0.3) is 0 Å². The molecule has 0 fully saturated rings. The number of benzene rings is 1. The molecule has 0 bridgehead atoms. The predicted octanol–water partition coefficient (Wildman–Crippen LogP) is 2.88. The average molecular weight is 190 g/mol. The molecule has 1 nitrogen and oxygen atoms in total. The smallest absolute Gasteiger partial charge is 0.156 e. The van der Waals surface area contributed by atoms with Crippen LogP contribution in [0.2, 0.25) is 0 Å². The molecule has 0 amide bonds. The van der Waals surface area contributed by atoms with Gasteiger partial charge in [0, 0.05) is 6.42 Å². The summed E-state index contributed by atoms with van der Waals surface area (Å²) in [5, 5.41) is 0. The van der Waals surface area contributed by atoms with E-state index in [1.807, 2.05) is 6.92 Å². The summed E-state index contributed by atoms with van der Waals surface area (Å²) in [6.07, 6.45) is 3.04. The Hall–Kier alpha value is -1.44. The second-order valence-corrected chi connectivity index (χ2v) is 3.60. The SMILES string of the molecule is Cc1cc(F)ccc1C1=CC(=O)CC1. The maximum atomic E-state index is 12.8. The lowest BCUT2D eigenvalue weighted by Gasteiger charge is -2.05. The van der Waals surface area contributed by atoms with Crippen LogP contribution in [0.4, 0.5) is 4.39 Å². The van der Waals surface area contributed by atoms with E-state index in [4.69, 9.17) is 0 Å². The van der Waals surface area contributed by atoms with Gasteiger partial charge in [0.2, 0.25) is 0 Å². The third-order valence-corrected chi connectivity index (χ3v) is 2.51. The molecule has 1 aromatic rings. The lowest BCUT2D eigenvalue weighted by Crippen LogP contribution is -1.87. The van der Waals surface area contributed by atoms with E-state index < -0.39 is 0 Å². The molecule has 0 spiro atoms. The first kappa shape index (κ1) is 9.13. The van der Waals surface area contributed by atoms with Gasteiger partial charge >= 0.3 is 0 Å². The number of carbonyl (C=O) groups excluding carboxylic acids is 1. The molecule has 0 radical (unpaired) electrons. The van der Waals surface area contributed by atoms with E-state index in [-0.39, 0.29) is 11.6 Å². The molecule has 72 valence electrons. The quantitative estimate of drug-likeness (QED) is 0.665. The minimum atomic E-state index is -0.226. The first-order chi connectivity index (χ1) is 6.66. The average Bonchev–Trinajstić information content (AvgIpc) is 2.51. The van der Waals surface area contributed by atoms with Gasteiger partial charge in [-0.1, -0.05) is 6.07 Å². The highest BCUT2D eigenvalue weighted by Gasteiger charge is 2.14. The summed E-state index contributed by atoms with van der Waals surface area (Å²) in [5.41, 5.74) is 2.93. The third-order valence-electron chi connectivity index (χ3n) is 2.51. The Morgan fingerprint density at radius 2 is 2.07 bits per heavy atom. The molecule has 0 atom stereocenters. The van der Waals surface area contributed by atoms with E-state index in [1.54, 1.807) is 12.1 Å². The first-order valence-corrected chi connectivity index (χ1v) is 4.67. The third kappa shape index (κ3) is 1.60. The van der Waals surface area contributed by atoms with Crippen molar-refractivity contribution in [2.75, 3.05) is 0 Å². The molecule has 0 heterocycles. The fraction of sp³-hybridized carbons (Fsp3) is 0.250. The highest BCUT2D eigenvalue weighted by atomic mass is 19.1. The van der Waals surface area contributed by atoms with Crippen molar-refractivity contribution in [1.82, 2.24) is 0 Å². The van der Waals surface area contributed by atoms with Gasteiger partial charge in [-0.15, -0.1) is 0 Å². The Labute approximate surface area is 82.3 Å². The highest BCUT2D eigenvalue weighted by molar-refractivity contribution is 6.01. The minimum Gasteiger partial charge on any atom is -0.295 e. The summed E-state index contributed by atoms with van der Waals surface area (Å²) in [6, 6.07) is 4.68. The van der Waals surface area contributed by atoms with Crippen LogP contribution in [-0.4, -0.2) is 5.78 Å². The molecule has 2 heteroatoms. The summed E-state index contributed by atoms with van der Waals surface area (Å²) < 4.78 is 12.8. The van der Waals surface area contributed by atoms with Crippen molar-refractivity contribution in [1.29, 1.82) is 0 Å². The van der Waals surface area contributed by atoms with E-state index >= 15 is 0 Å². The van der Waals surface area contributed by atoms with Crippen LogP contribution in [0.3, 0.4) is 0 Å². The van der Waals surface area contributed by atoms with Crippen LogP contribution < -0.4 is 0 Å². The fourth-order valence-electron chi connectivity index (χ4n) is 1.80. The van der Waals surface area contributed by atoms with Crippen molar-refractivity contribution in [3.8, 4) is 0 Å². The van der Waals surface area contributed by atoms with Crippen molar-refractivity contribution < 1.29 is 9.18 Å². The van der Waals surface area contributed by atoms with Crippen LogP contribution in [0.1, 0.15) is 24.0 Å². The molecule has 0 aliphatic heterocycles. The number of halogens is 1. The maximum absolute atomic E-state index is 12.8. The molecule has 0 N–H and O–H groups in total. The Bertz CT molecular complexity index is 418. The predicted molar refractivity (Wildman–Crippen MR) is 53.4 cm³/mol. The number of ketones is 1. The fourth-order valence-corrected chi connectivity index (χ4v) is 1.80. The molecule has 0 saturated carbocycles. The van der Waals surface area contributed by atoms with Crippen LogP contribution in [0.25, 0.3) is 5.57 Å². The van der Waals surface area contributed by atoms with E-state index in [1.165, 1.54) is 12.1 Å². The van der Waals surface area contributed by atoms with Gasteiger partial charge in [0.1, 0.15) is 5.82 Å². The second kappa shape index (κ2) is 3.37. The second-order valence-electron chi connectivity index (χ2n) is 3.60. The van der Waals surface area contributed by atoms with Gasteiger partial charge in [-0.2, -0.15) is 0 Å². The topological polar surface area (TPSA) is 17.1 Å². The molecule has 14 heavy (non-hydrogen) atoms. The Morgan fingerprint density at radius 1 is 1.29 bits per heavy atom. The molecule has 0 unspecified atom stereocenters. The van der Waals surface area contributed by atoms with Gasteiger partial charge < -0.3 is 0 Å². The number of hydrogen-bond acceptors (Lipinski definition) is 1. The van der Waals surface area contributed by atoms with Crippen LogP contribution in [0.15, 0.2) is 24.3 Å². The zero-order chi connectivity index (χ0) is 10.1. The summed E-state index contributed by atoms with van der Waals surface area (Å²) >= 11 is 0. The van der Waals surface area contributed by atoms with Crippen molar-refractivity contribution in [2.24, 2.45) is 0 Å². The maximum Gasteiger partial charge on any atom is 0.156 e. The van der Waals surface area contributed by atoms with E-state index in [0.717, 1.165) is 23.1 Å². The Balaban J connectivity index is 2.42. The van der Waals surface area contributed by atoms with Crippen LogP contribution in [0, 0.1) is 12.7 Å².